The van der Waals surface area contributed by atoms with E-state index >= 15 is 0 Å². The number of carbonyl (C=O) groups excluding carboxylic acids is 2. The number of hydrogen-bond acceptors (Lipinski definition) is 2. The summed E-state index contributed by atoms with van der Waals surface area (Å²) in [5.41, 5.74) is 0.760. The van der Waals surface area contributed by atoms with Crippen molar-refractivity contribution in [2.24, 2.45) is 5.92 Å². The van der Waals surface area contributed by atoms with Crippen molar-refractivity contribution in [1.82, 2.24) is 5.32 Å². The van der Waals surface area contributed by atoms with Crippen LogP contribution in [0, 0.1) is 11.7 Å². The number of amides is 2. The summed E-state index contributed by atoms with van der Waals surface area (Å²) in [7, 11) is 0. The molecular formula is C19H20ClFN2O2. The third-order valence-corrected chi connectivity index (χ3v) is 3.78. The Morgan fingerprint density at radius 3 is 2.40 bits per heavy atom. The van der Waals surface area contributed by atoms with E-state index in [2.05, 4.69) is 10.6 Å². The van der Waals surface area contributed by atoms with Crippen LogP contribution >= 0.6 is 11.6 Å². The number of nitrogens with one attached hydrogen (secondary N) is 2. The molecule has 2 aromatic rings. The van der Waals surface area contributed by atoms with Gasteiger partial charge >= 0.3 is 0 Å². The van der Waals surface area contributed by atoms with Crippen molar-refractivity contribution in [3.63, 3.8) is 0 Å². The van der Waals surface area contributed by atoms with Gasteiger partial charge in [-0.1, -0.05) is 31.5 Å². The van der Waals surface area contributed by atoms with E-state index in [0.29, 0.717) is 22.7 Å². The molecule has 1 atom stereocenters. The first kappa shape index (κ1) is 18.9. The van der Waals surface area contributed by atoms with Gasteiger partial charge in [0.05, 0.1) is 0 Å². The third-order valence-electron chi connectivity index (χ3n) is 3.53. The van der Waals surface area contributed by atoms with E-state index in [0.717, 1.165) is 0 Å². The molecule has 0 aliphatic rings. The van der Waals surface area contributed by atoms with Gasteiger partial charge in [-0.25, -0.2) is 4.39 Å². The molecule has 2 amide bonds. The zero-order valence-electron chi connectivity index (χ0n) is 14.1. The van der Waals surface area contributed by atoms with Gasteiger partial charge < -0.3 is 10.6 Å². The highest BCUT2D eigenvalue weighted by Crippen LogP contribution is 2.14. The number of benzene rings is 2. The minimum atomic E-state index is -0.730. The molecule has 0 bridgehead atoms. The van der Waals surface area contributed by atoms with Crippen molar-refractivity contribution in [2.45, 2.75) is 26.3 Å². The lowest BCUT2D eigenvalue weighted by atomic mass is 10.0. The fourth-order valence-electron chi connectivity index (χ4n) is 2.34. The first-order chi connectivity index (χ1) is 11.8. The number of halogens is 2. The molecule has 0 fully saturated rings. The second-order valence-electron chi connectivity index (χ2n) is 6.16. The average molecular weight is 363 g/mol. The Kier molecular flexibility index (Phi) is 6.53. The second kappa shape index (κ2) is 8.62. The molecule has 0 unspecified atom stereocenters. The van der Waals surface area contributed by atoms with Crippen LogP contribution in [0.5, 0.6) is 0 Å². The van der Waals surface area contributed by atoms with E-state index in [1.165, 1.54) is 18.2 Å². The van der Waals surface area contributed by atoms with E-state index < -0.39 is 11.9 Å². The topological polar surface area (TPSA) is 58.2 Å². The number of carbonyl (C=O) groups is 2. The van der Waals surface area contributed by atoms with Crippen LogP contribution < -0.4 is 10.6 Å². The predicted molar refractivity (Wildman–Crippen MR) is 97.2 cm³/mol. The summed E-state index contributed by atoms with van der Waals surface area (Å²) in [5.74, 6) is -1.00. The summed E-state index contributed by atoms with van der Waals surface area (Å²) in [6, 6.07) is 11.3. The number of rotatable bonds is 6. The van der Waals surface area contributed by atoms with Gasteiger partial charge in [0.1, 0.15) is 11.9 Å². The van der Waals surface area contributed by atoms with Crippen molar-refractivity contribution in [3.8, 4) is 0 Å². The van der Waals surface area contributed by atoms with Crippen LogP contribution in [-0.4, -0.2) is 17.9 Å². The molecule has 4 nitrogen and oxygen atoms in total. The Morgan fingerprint density at radius 2 is 1.80 bits per heavy atom. The first-order valence-corrected chi connectivity index (χ1v) is 8.36. The molecule has 25 heavy (non-hydrogen) atoms. The van der Waals surface area contributed by atoms with Crippen LogP contribution in [-0.2, 0) is 4.79 Å². The monoisotopic (exact) mass is 362 g/mol. The molecular weight excluding hydrogens is 343 g/mol. The Bertz CT molecular complexity index is 747. The van der Waals surface area contributed by atoms with E-state index in [9.17, 15) is 14.0 Å². The predicted octanol–water partition coefficient (Wildman–Crippen LogP) is 4.26. The van der Waals surface area contributed by atoms with E-state index in [1.54, 1.807) is 30.3 Å². The Balaban J connectivity index is 2.10. The first-order valence-electron chi connectivity index (χ1n) is 7.98. The van der Waals surface area contributed by atoms with Gasteiger partial charge in [0.15, 0.2) is 0 Å². The highest BCUT2D eigenvalue weighted by Gasteiger charge is 2.22. The molecule has 0 heterocycles. The molecule has 2 aromatic carbocycles. The van der Waals surface area contributed by atoms with E-state index in [4.69, 9.17) is 11.6 Å². The molecule has 0 saturated heterocycles. The minimum Gasteiger partial charge on any atom is -0.340 e. The highest BCUT2D eigenvalue weighted by atomic mass is 35.5. The molecule has 2 N–H and O–H groups in total. The average Bonchev–Trinajstić information content (AvgIpc) is 2.54. The fourth-order valence-corrected chi connectivity index (χ4v) is 2.47. The summed E-state index contributed by atoms with van der Waals surface area (Å²) in [6.07, 6.45) is 0.459. The lowest BCUT2D eigenvalue weighted by Crippen LogP contribution is -2.44. The zero-order chi connectivity index (χ0) is 18.4. The van der Waals surface area contributed by atoms with Crippen LogP contribution in [0.15, 0.2) is 48.5 Å². The highest BCUT2D eigenvalue weighted by molar-refractivity contribution is 6.30. The summed E-state index contributed by atoms with van der Waals surface area (Å²) >= 11 is 5.82. The summed E-state index contributed by atoms with van der Waals surface area (Å²) in [4.78, 5) is 24.9. The van der Waals surface area contributed by atoms with Crippen LogP contribution in [0.2, 0.25) is 5.02 Å². The van der Waals surface area contributed by atoms with Gasteiger partial charge in [-0.2, -0.15) is 0 Å². The Morgan fingerprint density at radius 1 is 1.12 bits per heavy atom. The maximum atomic E-state index is 13.3. The van der Waals surface area contributed by atoms with Gasteiger partial charge in [0.25, 0.3) is 5.91 Å². The summed E-state index contributed by atoms with van der Waals surface area (Å²) < 4.78 is 13.3. The van der Waals surface area contributed by atoms with Crippen LogP contribution in [0.3, 0.4) is 0 Å². The maximum Gasteiger partial charge on any atom is 0.251 e. The van der Waals surface area contributed by atoms with Crippen molar-refractivity contribution in [2.75, 3.05) is 5.32 Å². The molecule has 0 radical (unpaired) electrons. The zero-order valence-corrected chi connectivity index (χ0v) is 14.8. The van der Waals surface area contributed by atoms with Crippen LogP contribution in [0.25, 0.3) is 0 Å². The molecule has 0 aliphatic heterocycles. The number of hydrogen-bond donors (Lipinski definition) is 2. The van der Waals surface area contributed by atoms with Crippen molar-refractivity contribution in [1.29, 1.82) is 0 Å². The van der Waals surface area contributed by atoms with Crippen LogP contribution in [0.4, 0.5) is 10.1 Å². The quantitative estimate of drug-likeness (QED) is 0.806. The normalized spacial score (nSPS) is 11.9. The standard InChI is InChI=1S/C19H20ClFN2O2/c1-12(2)10-17(19(25)22-16-5-3-4-15(21)11-16)23-18(24)13-6-8-14(20)9-7-13/h3-9,11-12,17H,10H2,1-2H3,(H,22,25)(H,23,24)/t17-/m0/s1. The second-order valence-corrected chi connectivity index (χ2v) is 6.60. The van der Waals surface area contributed by atoms with Gasteiger partial charge in [0.2, 0.25) is 5.91 Å². The molecule has 0 saturated carbocycles. The SMILES string of the molecule is CC(C)C[C@H](NC(=O)c1ccc(Cl)cc1)C(=O)Nc1cccc(F)c1. The van der Waals surface area contributed by atoms with E-state index in [-0.39, 0.29) is 17.7 Å². The fraction of sp³-hybridized carbons (Fsp3) is 0.263. The third kappa shape index (κ3) is 5.87. The lowest BCUT2D eigenvalue weighted by molar-refractivity contribution is -0.118. The summed E-state index contributed by atoms with van der Waals surface area (Å²) in [5, 5.41) is 5.90. The molecule has 0 spiro atoms. The van der Waals surface area contributed by atoms with Crippen molar-refractivity contribution < 1.29 is 14.0 Å². The van der Waals surface area contributed by atoms with Gasteiger partial charge in [-0.3, -0.25) is 9.59 Å². The van der Waals surface area contributed by atoms with Crippen LogP contribution in [0.1, 0.15) is 30.6 Å². The summed E-state index contributed by atoms with van der Waals surface area (Å²) in [6.45, 7) is 3.91. The molecule has 132 valence electrons. The smallest absolute Gasteiger partial charge is 0.251 e. The Labute approximate surface area is 151 Å². The maximum absolute atomic E-state index is 13.3. The Hall–Kier alpha value is -2.40. The van der Waals surface area contributed by atoms with Gasteiger partial charge in [0, 0.05) is 16.3 Å². The minimum absolute atomic E-state index is 0.189. The van der Waals surface area contributed by atoms with Crippen molar-refractivity contribution >= 4 is 29.1 Å². The van der Waals surface area contributed by atoms with Crippen molar-refractivity contribution in [3.05, 3.63) is 64.9 Å². The van der Waals surface area contributed by atoms with Gasteiger partial charge in [-0.05, 0) is 54.8 Å². The molecule has 6 heteroatoms. The van der Waals surface area contributed by atoms with Gasteiger partial charge in [-0.15, -0.1) is 0 Å². The largest absolute Gasteiger partial charge is 0.340 e. The molecule has 2 rings (SSSR count). The van der Waals surface area contributed by atoms with E-state index in [1.807, 2.05) is 13.8 Å². The lowest BCUT2D eigenvalue weighted by Gasteiger charge is -2.20. The molecule has 0 aromatic heterocycles. The number of anilines is 1. The molecule has 0 aliphatic carbocycles.